The van der Waals surface area contributed by atoms with Gasteiger partial charge in [0.1, 0.15) is 0 Å². The zero-order valence-corrected chi connectivity index (χ0v) is 11.8. The third kappa shape index (κ3) is 4.24. The number of urea groups is 2. The van der Waals surface area contributed by atoms with Gasteiger partial charge in [-0.25, -0.2) is 14.0 Å². The Morgan fingerprint density at radius 1 is 1.35 bits per heavy atom. The molecule has 10 heteroatoms. The smallest absolute Gasteiger partial charge is 0.336 e. The lowest BCUT2D eigenvalue weighted by atomic mass is 10.2. The lowest BCUT2D eigenvalue weighted by molar-refractivity contribution is -0.139. The summed E-state index contributed by atoms with van der Waals surface area (Å²) in [5.41, 5.74) is -2.03. The predicted molar refractivity (Wildman–Crippen MR) is 73.4 cm³/mol. The van der Waals surface area contributed by atoms with Crippen molar-refractivity contribution in [1.82, 2.24) is 15.5 Å². The van der Waals surface area contributed by atoms with Crippen molar-refractivity contribution in [3.8, 4) is 0 Å². The summed E-state index contributed by atoms with van der Waals surface area (Å²) in [6.07, 6.45) is -4.85. The standard InChI is InChI=1S/C13H14F4N4O2/c14-10-8(13(15,16)17)2-1-3-9(10)20-11(22)18-4-6-21-7-5-19-12(21)23/h1-3H,4-7H2,(H,19,23)(H2,18,20,22). The van der Waals surface area contributed by atoms with E-state index in [2.05, 4.69) is 10.6 Å². The molecule has 6 nitrogen and oxygen atoms in total. The van der Waals surface area contributed by atoms with E-state index in [-0.39, 0.29) is 19.1 Å². The molecule has 0 aliphatic carbocycles. The van der Waals surface area contributed by atoms with Gasteiger partial charge >= 0.3 is 18.2 Å². The minimum absolute atomic E-state index is 0.0832. The third-order valence-corrected chi connectivity index (χ3v) is 3.16. The van der Waals surface area contributed by atoms with Crippen molar-refractivity contribution in [2.45, 2.75) is 6.18 Å². The minimum Gasteiger partial charge on any atom is -0.336 e. The van der Waals surface area contributed by atoms with Crippen molar-refractivity contribution in [3.05, 3.63) is 29.6 Å². The predicted octanol–water partition coefficient (Wildman–Crippen LogP) is 1.99. The molecule has 2 rings (SSSR count). The van der Waals surface area contributed by atoms with Crippen LogP contribution in [0.25, 0.3) is 0 Å². The second kappa shape index (κ2) is 6.71. The van der Waals surface area contributed by atoms with Gasteiger partial charge in [0.05, 0.1) is 11.3 Å². The second-order valence-corrected chi connectivity index (χ2v) is 4.76. The molecule has 23 heavy (non-hydrogen) atoms. The molecule has 1 heterocycles. The SMILES string of the molecule is O=C(NCCN1CCNC1=O)Nc1cccc(C(F)(F)F)c1F. The summed E-state index contributed by atoms with van der Waals surface area (Å²) in [6, 6.07) is 1.50. The van der Waals surface area contributed by atoms with Gasteiger partial charge in [-0.15, -0.1) is 0 Å². The molecule has 4 amide bonds. The van der Waals surface area contributed by atoms with Gasteiger partial charge in [-0.2, -0.15) is 13.2 Å². The molecule has 0 saturated carbocycles. The van der Waals surface area contributed by atoms with E-state index >= 15 is 0 Å². The van der Waals surface area contributed by atoms with Gasteiger partial charge in [-0.1, -0.05) is 6.07 Å². The van der Waals surface area contributed by atoms with Gasteiger partial charge in [-0.3, -0.25) is 0 Å². The fourth-order valence-electron chi connectivity index (χ4n) is 2.04. The number of benzene rings is 1. The van der Waals surface area contributed by atoms with Gasteiger partial charge in [-0.05, 0) is 12.1 Å². The van der Waals surface area contributed by atoms with E-state index in [9.17, 15) is 27.2 Å². The van der Waals surface area contributed by atoms with Gasteiger partial charge in [0.15, 0.2) is 5.82 Å². The van der Waals surface area contributed by atoms with Crippen molar-refractivity contribution >= 4 is 17.7 Å². The highest BCUT2D eigenvalue weighted by atomic mass is 19.4. The zero-order chi connectivity index (χ0) is 17.0. The lowest BCUT2D eigenvalue weighted by Gasteiger charge is -2.15. The van der Waals surface area contributed by atoms with Crippen LogP contribution < -0.4 is 16.0 Å². The fourth-order valence-corrected chi connectivity index (χ4v) is 2.04. The molecule has 0 bridgehead atoms. The summed E-state index contributed by atoms with van der Waals surface area (Å²) in [7, 11) is 0. The van der Waals surface area contributed by atoms with Crippen LogP contribution in [0, 0.1) is 5.82 Å². The average Bonchev–Trinajstić information content (AvgIpc) is 2.85. The van der Waals surface area contributed by atoms with Gasteiger partial charge in [0.25, 0.3) is 0 Å². The molecule has 126 valence electrons. The van der Waals surface area contributed by atoms with Crippen molar-refractivity contribution in [3.63, 3.8) is 0 Å². The Morgan fingerprint density at radius 3 is 2.70 bits per heavy atom. The summed E-state index contributed by atoms with van der Waals surface area (Å²) in [5.74, 6) is -1.55. The van der Waals surface area contributed by atoms with E-state index in [0.29, 0.717) is 19.2 Å². The number of nitrogens with zero attached hydrogens (tertiary/aromatic N) is 1. The van der Waals surface area contributed by atoms with Crippen molar-refractivity contribution < 1.29 is 27.2 Å². The van der Waals surface area contributed by atoms with Gasteiger partial charge < -0.3 is 20.9 Å². The summed E-state index contributed by atoms with van der Waals surface area (Å²) in [5, 5.41) is 6.94. The Balaban J connectivity index is 1.89. The van der Waals surface area contributed by atoms with Crippen molar-refractivity contribution in [1.29, 1.82) is 0 Å². The number of amides is 4. The number of hydrogen-bond acceptors (Lipinski definition) is 2. The Morgan fingerprint density at radius 2 is 2.09 bits per heavy atom. The monoisotopic (exact) mass is 334 g/mol. The number of anilines is 1. The highest BCUT2D eigenvalue weighted by Crippen LogP contribution is 2.33. The van der Waals surface area contributed by atoms with E-state index in [0.717, 1.165) is 12.1 Å². The number of carbonyl (C=O) groups is 2. The van der Waals surface area contributed by atoms with Crippen LogP contribution in [0.1, 0.15) is 5.56 Å². The highest BCUT2D eigenvalue weighted by molar-refractivity contribution is 5.89. The molecule has 1 aliphatic rings. The van der Waals surface area contributed by atoms with Crippen molar-refractivity contribution in [2.24, 2.45) is 0 Å². The highest BCUT2D eigenvalue weighted by Gasteiger charge is 2.35. The third-order valence-electron chi connectivity index (χ3n) is 3.16. The van der Waals surface area contributed by atoms with Crippen LogP contribution in [0.3, 0.4) is 0 Å². The summed E-state index contributed by atoms with van der Waals surface area (Å²) in [4.78, 5) is 24.3. The first-order chi connectivity index (χ1) is 10.8. The molecular formula is C13H14F4N4O2. The first-order valence-corrected chi connectivity index (χ1v) is 6.72. The Kier molecular flexibility index (Phi) is 4.92. The van der Waals surface area contributed by atoms with Crippen LogP contribution in [0.5, 0.6) is 0 Å². The van der Waals surface area contributed by atoms with Gasteiger partial charge in [0, 0.05) is 26.2 Å². The molecule has 3 N–H and O–H groups in total. The molecule has 1 saturated heterocycles. The topological polar surface area (TPSA) is 73.5 Å². The molecule has 1 aromatic carbocycles. The maximum atomic E-state index is 13.7. The number of rotatable bonds is 4. The number of alkyl halides is 3. The Bertz CT molecular complexity index is 606. The maximum absolute atomic E-state index is 13.7. The van der Waals surface area contributed by atoms with E-state index in [1.54, 1.807) is 0 Å². The molecule has 0 atom stereocenters. The quantitative estimate of drug-likeness (QED) is 0.737. The second-order valence-electron chi connectivity index (χ2n) is 4.76. The van der Waals surface area contributed by atoms with E-state index < -0.39 is 29.3 Å². The lowest BCUT2D eigenvalue weighted by Crippen LogP contribution is -2.38. The molecule has 0 spiro atoms. The fraction of sp³-hybridized carbons (Fsp3) is 0.385. The molecule has 1 aliphatic heterocycles. The van der Waals surface area contributed by atoms with E-state index in [4.69, 9.17) is 0 Å². The largest absolute Gasteiger partial charge is 0.419 e. The van der Waals surface area contributed by atoms with Crippen LogP contribution in [0.2, 0.25) is 0 Å². The van der Waals surface area contributed by atoms with Crippen molar-refractivity contribution in [2.75, 3.05) is 31.5 Å². The van der Waals surface area contributed by atoms with E-state index in [1.165, 1.54) is 4.90 Å². The van der Waals surface area contributed by atoms with Crippen LogP contribution in [-0.2, 0) is 6.18 Å². The summed E-state index contributed by atoms with van der Waals surface area (Å²) in [6.45, 7) is 1.34. The molecule has 0 aromatic heterocycles. The summed E-state index contributed by atoms with van der Waals surface area (Å²) < 4.78 is 51.4. The first-order valence-electron chi connectivity index (χ1n) is 6.72. The first kappa shape index (κ1) is 16.8. The molecule has 0 radical (unpaired) electrons. The van der Waals surface area contributed by atoms with Crippen LogP contribution in [0.15, 0.2) is 18.2 Å². The average molecular weight is 334 g/mol. The van der Waals surface area contributed by atoms with Crippen LogP contribution >= 0.6 is 0 Å². The number of nitrogens with one attached hydrogen (secondary N) is 3. The van der Waals surface area contributed by atoms with Gasteiger partial charge in [0.2, 0.25) is 0 Å². The summed E-state index contributed by atoms with van der Waals surface area (Å²) >= 11 is 0. The molecule has 1 fully saturated rings. The molecular weight excluding hydrogens is 320 g/mol. The number of carbonyl (C=O) groups excluding carboxylic acids is 2. The normalized spacial score (nSPS) is 14.6. The molecule has 1 aromatic rings. The number of halogens is 4. The van der Waals surface area contributed by atoms with Crippen LogP contribution in [0.4, 0.5) is 32.8 Å². The number of hydrogen-bond donors (Lipinski definition) is 3. The molecule has 0 unspecified atom stereocenters. The Labute approximate surface area is 128 Å². The minimum atomic E-state index is -4.85. The maximum Gasteiger partial charge on any atom is 0.419 e. The van der Waals surface area contributed by atoms with E-state index in [1.807, 2.05) is 5.32 Å². The van der Waals surface area contributed by atoms with Crippen LogP contribution in [-0.4, -0.2) is 43.1 Å². The zero-order valence-electron chi connectivity index (χ0n) is 11.8. The Hall–Kier alpha value is -2.52.